The van der Waals surface area contributed by atoms with Crippen molar-refractivity contribution in [1.29, 1.82) is 0 Å². The smallest absolute Gasteiger partial charge is 0.254 e. The maximum atomic E-state index is 12.9. The minimum atomic E-state index is -0.147. The monoisotopic (exact) mass is 375 g/mol. The molecule has 0 aromatic carbocycles. The molecule has 0 bridgehead atoms. The minimum Gasteiger partial charge on any atom is -0.341 e. The van der Waals surface area contributed by atoms with Crippen molar-refractivity contribution in [1.82, 2.24) is 14.7 Å². The van der Waals surface area contributed by atoms with Crippen molar-refractivity contribution in [2.75, 3.05) is 39.3 Å². The average molecular weight is 375 g/mol. The second kappa shape index (κ2) is 8.49. The molecule has 3 rings (SSSR count). The Hall–Kier alpha value is -2.15. The molecule has 26 heavy (non-hydrogen) atoms. The molecule has 2 fully saturated rings. The molecule has 1 aromatic rings. The van der Waals surface area contributed by atoms with E-state index in [1.54, 1.807) is 4.90 Å². The number of thiophene rings is 1. The topological polar surface area (TPSA) is 60.9 Å². The van der Waals surface area contributed by atoms with Crippen molar-refractivity contribution in [2.45, 2.75) is 19.3 Å². The van der Waals surface area contributed by atoms with Crippen molar-refractivity contribution in [3.63, 3.8) is 0 Å². The summed E-state index contributed by atoms with van der Waals surface area (Å²) in [7, 11) is 0. The van der Waals surface area contributed by atoms with E-state index in [9.17, 15) is 14.4 Å². The highest BCUT2D eigenvalue weighted by Gasteiger charge is 2.32. The molecule has 0 spiro atoms. The van der Waals surface area contributed by atoms with E-state index in [1.807, 2.05) is 26.6 Å². The van der Waals surface area contributed by atoms with Gasteiger partial charge in [-0.05, 0) is 36.8 Å². The summed E-state index contributed by atoms with van der Waals surface area (Å²) < 4.78 is 0. The summed E-state index contributed by atoms with van der Waals surface area (Å²) in [6.45, 7) is 7.14. The lowest BCUT2D eigenvalue weighted by molar-refractivity contribution is -0.139. The molecule has 140 valence electrons. The second-order valence-corrected chi connectivity index (χ2v) is 7.59. The normalized spacial score (nSPS) is 21.2. The van der Waals surface area contributed by atoms with Crippen molar-refractivity contribution in [3.05, 3.63) is 35.0 Å². The Bertz CT molecular complexity index is 674. The third-order valence-electron chi connectivity index (χ3n) is 5.12. The van der Waals surface area contributed by atoms with E-state index < -0.39 is 0 Å². The van der Waals surface area contributed by atoms with Gasteiger partial charge >= 0.3 is 0 Å². The molecule has 1 unspecified atom stereocenters. The second-order valence-electron chi connectivity index (χ2n) is 6.81. The van der Waals surface area contributed by atoms with Gasteiger partial charge in [-0.3, -0.25) is 14.4 Å². The van der Waals surface area contributed by atoms with Gasteiger partial charge in [0.15, 0.2) is 0 Å². The molecule has 6 nitrogen and oxygen atoms in total. The SMILES string of the molecule is C=CC(=O)N1CCCC(C(=O)N2CCCN(C(=O)c3ccsc3)CC2)C1. The molecular weight excluding hydrogens is 350 g/mol. The molecule has 7 heteroatoms. The van der Waals surface area contributed by atoms with Gasteiger partial charge in [0.2, 0.25) is 11.8 Å². The van der Waals surface area contributed by atoms with Crippen LogP contribution in [-0.4, -0.2) is 71.7 Å². The van der Waals surface area contributed by atoms with Crippen molar-refractivity contribution >= 4 is 29.1 Å². The van der Waals surface area contributed by atoms with E-state index in [0.29, 0.717) is 39.3 Å². The van der Waals surface area contributed by atoms with E-state index in [0.717, 1.165) is 24.8 Å². The highest BCUT2D eigenvalue weighted by atomic mass is 32.1. The van der Waals surface area contributed by atoms with Crippen molar-refractivity contribution in [2.24, 2.45) is 5.92 Å². The molecule has 1 aromatic heterocycles. The zero-order valence-electron chi connectivity index (χ0n) is 14.9. The summed E-state index contributed by atoms with van der Waals surface area (Å²) in [5, 5.41) is 3.77. The molecule has 3 heterocycles. The van der Waals surface area contributed by atoms with Crippen LogP contribution in [0, 0.1) is 5.92 Å². The van der Waals surface area contributed by atoms with E-state index in [-0.39, 0.29) is 23.6 Å². The molecule has 0 aliphatic carbocycles. The summed E-state index contributed by atoms with van der Waals surface area (Å²) >= 11 is 1.51. The van der Waals surface area contributed by atoms with Gasteiger partial charge in [0.05, 0.1) is 11.5 Å². The lowest BCUT2D eigenvalue weighted by atomic mass is 9.96. The summed E-state index contributed by atoms with van der Waals surface area (Å²) in [6, 6.07) is 1.84. The summed E-state index contributed by atoms with van der Waals surface area (Å²) in [6.07, 6.45) is 3.75. The highest BCUT2D eigenvalue weighted by Crippen LogP contribution is 2.20. The number of hydrogen-bond acceptors (Lipinski definition) is 4. The van der Waals surface area contributed by atoms with Gasteiger partial charge in [-0.25, -0.2) is 0 Å². The third kappa shape index (κ3) is 4.15. The van der Waals surface area contributed by atoms with Crippen LogP contribution >= 0.6 is 11.3 Å². The van der Waals surface area contributed by atoms with E-state index >= 15 is 0 Å². The quantitative estimate of drug-likeness (QED) is 0.758. The molecule has 2 aliphatic rings. The average Bonchev–Trinajstić information content (AvgIpc) is 3.11. The lowest BCUT2D eigenvalue weighted by Crippen LogP contribution is -2.47. The van der Waals surface area contributed by atoms with Crippen LogP contribution in [-0.2, 0) is 9.59 Å². The number of amides is 3. The Morgan fingerprint density at radius 1 is 1.04 bits per heavy atom. The van der Waals surface area contributed by atoms with E-state index in [4.69, 9.17) is 0 Å². The first kappa shape index (κ1) is 18.6. The Morgan fingerprint density at radius 3 is 2.50 bits per heavy atom. The number of hydrogen-bond donors (Lipinski definition) is 0. The molecule has 3 amide bonds. The Kier molecular flexibility index (Phi) is 6.08. The third-order valence-corrected chi connectivity index (χ3v) is 5.80. The van der Waals surface area contributed by atoms with Crippen LogP contribution in [0.25, 0.3) is 0 Å². The molecule has 2 aliphatic heterocycles. The maximum Gasteiger partial charge on any atom is 0.254 e. The first-order chi connectivity index (χ1) is 12.6. The standard InChI is InChI=1S/C19H25N3O3S/c1-2-17(23)22-7-3-5-15(13-22)18(24)20-8-4-9-21(11-10-20)19(25)16-6-12-26-14-16/h2,6,12,14-15H,1,3-5,7-11,13H2. The van der Waals surface area contributed by atoms with Gasteiger partial charge in [0.1, 0.15) is 0 Å². The summed E-state index contributed by atoms with van der Waals surface area (Å²) in [5.41, 5.74) is 0.723. The molecule has 0 N–H and O–H groups in total. The van der Waals surface area contributed by atoms with Crippen LogP contribution in [0.5, 0.6) is 0 Å². The van der Waals surface area contributed by atoms with Crippen LogP contribution in [0.3, 0.4) is 0 Å². The van der Waals surface area contributed by atoms with Gasteiger partial charge in [-0.2, -0.15) is 11.3 Å². The molecular formula is C19H25N3O3S. The van der Waals surface area contributed by atoms with Crippen LogP contribution in [0.4, 0.5) is 0 Å². The fourth-order valence-electron chi connectivity index (χ4n) is 3.68. The zero-order valence-corrected chi connectivity index (χ0v) is 15.7. The van der Waals surface area contributed by atoms with Gasteiger partial charge < -0.3 is 14.7 Å². The molecule has 2 saturated heterocycles. The number of rotatable bonds is 3. The van der Waals surface area contributed by atoms with Gasteiger partial charge in [0, 0.05) is 44.6 Å². The number of likely N-dealkylation sites (tertiary alicyclic amines) is 1. The number of carbonyl (C=O) groups is 3. The maximum absolute atomic E-state index is 12.9. The largest absolute Gasteiger partial charge is 0.341 e. The number of piperidine rings is 1. The van der Waals surface area contributed by atoms with Crippen LogP contribution in [0.1, 0.15) is 29.6 Å². The first-order valence-corrected chi connectivity index (χ1v) is 10.1. The lowest BCUT2D eigenvalue weighted by Gasteiger charge is -2.34. The fraction of sp³-hybridized carbons (Fsp3) is 0.526. The van der Waals surface area contributed by atoms with Gasteiger partial charge in [-0.1, -0.05) is 6.58 Å². The minimum absolute atomic E-state index is 0.0426. The summed E-state index contributed by atoms with van der Waals surface area (Å²) in [4.78, 5) is 42.7. The Morgan fingerprint density at radius 2 is 1.77 bits per heavy atom. The number of nitrogens with zero attached hydrogens (tertiary/aromatic N) is 3. The predicted molar refractivity (Wildman–Crippen MR) is 101 cm³/mol. The summed E-state index contributed by atoms with van der Waals surface area (Å²) in [5.74, 6) is -0.102. The zero-order chi connectivity index (χ0) is 18.5. The molecule has 0 saturated carbocycles. The van der Waals surface area contributed by atoms with Crippen molar-refractivity contribution in [3.8, 4) is 0 Å². The van der Waals surface area contributed by atoms with Crippen molar-refractivity contribution < 1.29 is 14.4 Å². The predicted octanol–water partition coefficient (Wildman–Crippen LogP) is 1.85. The number of carbonyl (C=O) groups excluding carboxylic acids is 3. The van der Waals surface area contributed by atoms with Crippen LogP contribution < -0.4 is 0 Å². The fourth-order valence-corrected chi connectivity index (χ4v) is 4.31. The van der Waals surface area contributed by atoms with Crippen LogP contribution in [0.2, 0.25) is 0 Å². The molecule has 1 atom stereocenters. The Labute approximate surface area is 158 Å². The van der Waals surface area contributed by atoms with Gasteiger partial charge in [-0.15, -0.1) is 0 Å². The Balaban J connectivity index is 1.58. The van der Waals surface area contributed by atoms with E-state index in [1.165, 1.54) is 17.4 Å². The van der Waals surface area contributed by atoms with E-state index in [2.05, 4.69) is 6.58 Å². The molecule has 0 radical (unpaired) electrons. The highest BCUT2D eigenvalue weighted by molar-refractivity contribution is 7.08. The van der Waals surface area contributed by atoms with Crippen LogP contribution in [0.15, 0.2) is 29.5 Å². The van der Waals surface area contributed by atoms with Gasteiger partial charge in [0.25, 0.3) is 5.91 Å². The first-order valence-electron chi connectivity index (χ1n) is 9.11.